The van der Waals surface area contributed by atoms with Crippen molar-refractivity contribution in [3.8, 4) is 101 Å². The molecule has 3 heterocycles. The summed E-state index contributed by atoms with van der Waals surface area (Å²) >= 11 is 0. The van der Waals surface area contributed by atoms with E-state index in [4.69, 9.17) is 15.0 Å². The lowest BCUT2D eigenvalue weighted by atomic mass is 9.91. The highest BCUT2D eigenvalue weighted by Gasteiger charge is 2.24. The molecule has 5 nitrogen and oxygen atoms in total. The van der Waals surface area contributed by atoms with Gasteiger partial charge in [0.15, 0.2) is 11.6 Å². The van der Waals surface area contributed by atoms with Crippen LogP contribution in [-0.4, -0.2) is 24.1 Å². The van der Waals surface area contributed by atoms with E-state index in [0.717, 1.165) is 71.9 Å². The Bertz CT molecular complexity index is 4860. The molecule has 0 atom stereocenters. The number of nitrogens with zero attached hydrogens (tertiary/aromatic N) is 5. The Morgan fingerprint density at radius 3 is 1.00 bits per heavy atom. The average molecular weight is 1100 g/mol. The van der Waals surface area contributed by atoms with E-state index in [2.05, 4.69) is 305 Å². The standard InChI is InChI=1S/C81H61N5/c1-50-42-52(3)77(53(4)43-50)61-36-40-73-70(48-61)71-49-62(78-54(5)44-51(2)45-55(78)6)37-41-74(71)85(73)72-33-21-20-32-67(72)80-82-79(58-26-14-9-15-27-58)83-81(84-80)86-75-38-34-59(65-30-18-16-28-63(65)56-22-10-7-11-23-56)46-68(75)69-47-60(35-39-76(69)86)66-31-19-17-29-64(66)57-24-12-8-13-25-57/h7-49H,1-6H3. The molecule has 86 heavy (non-hydrogen) atoms. The maximum absolute atomic E-state index is 5.66. The van der Waals surface area contributed by atoms with Gasteiger partial charge < -0.3 is 4.57 Å². The van der Waals surface area contributed by atoms with Crippen LogP contribution in [0.15, 0.2) is 261 Å². The molecule has 15 rings (SSSR count). The molecule has 3 aromatic heterocycles. The van der Waals surface area contributed by atoms with Crippen LogP contribution in [-0.2, 0) is 0 Å². The minimum Gasteiger partial charge on any atom is -0.309 e. The number of para-hydroxylation sites is 1. The Labute approximate surface area is 501 Å². The highest BCUT2D eigenvalue weighted by molar-refractivity contribution is 6.14. The molecule has 0 aliphatic carbocycles. The fourth-order valence-corrected chi connectivity index (χ4v) is 13.8. The highest BCUT2D eigenvalue weighted by atomic mass is 15.2. The van der Waals surface area contributed by atoms with E-state index in [9.17, 15) is 0 Å². The number of aromatic nitrogens is 5. The van der Waals surface area contributed by atoms with Crippen molar-refractivity contribution in [2.24, 2.45) is 0 Å². The lowest BCUT2D eigenvalue weighted by molar-refractivity contribution is 0.951. The molecular formula is C81H61N5. The van der Waals surface area contributed by atoms with Crippen LogP contribution in [0, 0.1) is 41.5 Å². The number of fused-ring (bicyclic) bond motifs is 6. The van der Waals surface area contributed by atoms with Crippen molar-refractivity contribution in [2.45, 2.75) is 41.5 Å². The largest absolute Gasteiger partial charge is 0.309 e. The third-order valence-corrected chi connectivity index (χ3v) is 17.3. The van der Waals surface area contributed by atoms with E-state index in [-0.39, 0.29) is 0 Å². The second-order valence-corrected chi connectivity index (χ2v) is 23.1. The Kier molecular flexibility index (Phi) is 12.8. The van der Waals surface area contributed by atoms with Crippen LogP contribution in [0.25, 0.3) is 145 Å². The van der Waals surface area contributed by atoms with Gasteiger partial charge in [-0.2, -0.15) is 9.97 Å². The average Bonchev–Trinajstić information content (AvgIpc) is 1.66. The monoisotopic (exact) mass is 1100 g/mol. The summed E-state index contributed by atoms with van der Waals surface area (Å²) in [5.41, 5.74) is 28.8. The number of hydrogen-bond acceptors (Lipinski definition) is 3. The van der Waals surface area contributed by atoms with Gasteiger partial charge in [-0.25, -0.2) is 4.98 Å². The maximum atomic E-state index is 5.66. The van der Waals surface area contributed by atoms with Gasteiger partial charge in [0.25, 0.3) is 0 Å². The SMILES string of the molecule is Cc1cc(C)c(-c2ccc3c(c2)c2cc(-c4c(C)cc(C)cc4C)ccc2n3-c2ccccc2-c2nc(-c3ccccc3)nc(-n3c4ccc(-c5ccccc5-c5ccccc5)cc4c4cc(-c5ccccc5-c5ccccc5)ccc43)n2)c(C)c1. The van der Waals surface area contributed by atoms with Crippen molar-refractivity contribution in [3.63, 3.8) is 0 Å². The zero-order chi connectivity index (χ0) is 58.2. The first-order valence-corrected chi connectivity index (χ1v) is 29.7. The minimum absolute atomic E-state index is 0.530. The predicted molar refractivity (Wildman–Crippen MR) is 360 cm³/mol. The van der Waals surface area contributed by atoms with Crippen LogP contribution in [0.1, 0.15) is 33.4 Å². The summed E-state index contributed by atoms with van der Waals surface area (Å²) in [6, 6.07) is 94.7. The zero-order valence-corrected chi connectivity index (χ0v) is 49.1. The zero-order valence-electron chi connectivity index (χ0n) is 49.1. The van der Waals surface area contributed by atoms with Crippen molar-refractivity contribution in [1.29, 1.82) is 0 Å². The summed E-state index contributed by atoms with van der Waals surface area (Å²) < 4.78 is 4.67. The van der Waals surface area contributed by atoms with E-state index >= 15 is 0 Å². The topological polar surface area (TPSA) is 48.5 Å². The summed E-state index contributed by atoms with van der Waals surface area (Å²) in [5.74, 6) is 1.69. The molecule has 0 aliphatic rings. The Morgan fingerprint density at radius 1 is 0.244 bits per heavy atom. The number of hydrogen-bond donors (Lipinski definition) is 0. The molecule has 0 unspecified atom stereocenters. The molecule has 0 spiro atoms. The minimum atomic E-state index is 0.530. The van der Waals surface area contributed by atoms with Gasteiger partial charge in [0.05, 0.1) is 27.8 Å². The van der Waals surface area contributed by atoms with Crippen molar-refractivity contribution in [2.75, 3.05) is 0 Å². The van der Waals surface area contributed by atoms with Crippen molar-refractivity contribution in [1.82, 2.24) is 24.1 Å². The van der Waals surface area contributed by atoms with E-state index < -0.39 is 0 Å². The van der Waals surface area contributed by atoms with Gasteiger partial charge in [-0.15, -0.1) is 0 Å². The van der Waals surface area contributed by atoms with Crippen LogP contribution >= 0.6 is 0 Å². The number of aryl methyl sites for hydroxylation is 6. The third-order valence-electron chi connectivity index (χ3n) is 17.3. The predicted octanol–water partition coefficient (Wildman–Crippen LogP) is 21.3. The van der Waals surface area contributed by atoms with Crippen molar-refractivity contribution >= 4 is 43.6 Å². The van der Waals surface area contributed by atoms with Gasteiger partial charge in [-0.05, 0) is 191 Å². The summed E-state index contributed by atoms with van der Waals surface area (Å²) in [5, 5.41) is 4.55. The maximum Gasteiger partial charge on any atom is 0.238 e. The van der Waals surface area contributed by atoms with Gasteiger partial charge >= 0.3 is 0 Å². The molecule has 0 bridgehead atoms. The number of rotatable bonds is 10. The Balaban J connectivity index is 0.971. The van der Waals surface area contributed by atoms with E-state index in [1.807, 2.05) is 6.07 Å². The molecule has 0 fully saturated rings. The lowest BCUT2D eigenvalue weighted by Gasteiger charge is -2.16. The van der Waals surface area contributed by atoms with Crippen molar-refractivity contribution < 1.29 is 0 Å². The molecule has 0 saturated carbocycles. The molecule has 0 aliphatic heterocycles. The van der Waals surface area contributed by atoms with Crippen LogP contribution < -0.4 is 0 Å². The molecule has 410 valence electrons. The van der Waals surface area contributed by atoms with E-state index in [1.54, 1.807) is 0 Å². The first-order chi connectivity index (χ1) is 42.1. The fourth-order valence-electron chi connectivity index (χ4n) is 13.8. The van der Waals surface area contributed by atoms with Gasteiger partial charge in [0.1, 0.15) is 0 Å². The molecule has 0 radical (unpaired) electrons. The van der Waals surface area contributed by atoms with Crippen LogP contribution in [0.3, 0.4) is 0 Å². The molecular weight excluding hydrogens is 1040 g/mol. The Morgan fingerprint density at radius 2 is 0.570 bits per heavy atom. The number of benzene rings is 12. The quantitative estimate of drug-likeness (QED) is 0.137. The summed E-state index contributed by atoms with van der Waals surface area (Å²) in [4.78, 5) is 16.6. The normalized spacial score (nSPS) is 11.6. The van der Waals surface area contributed by atoms with Gasteiger partial charge in [-0.3, -0.25) is 4.57 Å². The smallest absolute Gasteiger partial charge is 0.238 e. The first kappa shape index (κ1) is 52.1. The van der Waals surface area contributed by atoms with E-state index in [1.165, 1.54) is 88.7 Å². The molecule has 5 heteroatoms. The molecule has 0 saturated heterocycles. The van der Waals surface area contributed by atoms with Gasteiger partial charge in [-0.1, -0.05) is 211 Å². The van der Waals surface area contributed by atoms with Crippen LogP contribution in [0.5, 0.6) is 0 Å². The summed E-state index contributed by atoms with van der Waals surface area (Å²) in [6.07, 6.45) is 0. The molecule has 0 amide bonds. The summed E-state index contributed by atoms with van der Waals surface area (Å²) in [6.45, 7) is 13.3. The second kappa shape index (κ2) is 21.1. The lowest BCUT2D eigenvalue weighted by Crippen LogP contribution is -2.07. The second-order valence-electron chi connectivity index (χ2n) is 23.1. The van der Waals surface area contributed by atoms with E-state index in [0.29, 0.717) is 17.6 Å². The Hall–Kier alpha value is -10.8. The fraction of sp³-hybridized carbons (Fsp3) is 0.0741. The van der Waals surface area contributed by atoms with Crippen LogP contribution in [0.2, 0.25) is 0 Å². The summed E-state index contributed by atoms with van der Waals surface area (Å²) in [7, 11) is 0. The van der Waals surface area contributed by atoms with Gasteiger partial charge in [0, 0.05) is 32.7 Å². The van der Waals surface area contributed by atoms with Crippen LogP contribution in [0.4, 0.5) is 0 Å². The molecule has 0 N–H and O–H groups in total. The van der Waals surface area contributed by atoms with Gasteiger partial charge in [0.2, 0.25) is 5.95 Å². The third kappa shape index (κ3) is 8.99. The molecule has 12 aromatic carbocycles. The van der Waals surface area contributed by atoms with Crippen molar-refractivity contribution in [3.05, 3.63) is 294 Å². The highest BCUT2D eigenvalue weighted by Crippen LogP contribution is 2.44. The first-order valence-electron chi connectivity index (χ1n) is 29.7. The molecule has 15 aromatic rings.